The topological polar surface area (TPSA) is 39.6 Å². The molecule has 1 fully saturated rings. The van der Waals surface area contributed by atoms with Crippen molar-refractivity contribution in [1.29, 1.82) is 0 Å². The summed E-state index contributed by atoms with van der Waals surface area (Å²) in [5.41, 5.74) is 1.42. The second kappa shape index (κ2) is 9.28. The molecule has 1 N–H and O–H groups in total. The molecule has 1 atom stereocenters. The van der Waals surface area contributed by atoms with Gasteiger partial charge in [-0.25, -0.2) is 4.98 Å². The maximum atomic E-state index is 9.43. The van der Waals surface area contributed by atoms with Gasteiger partial charge in [-0.2, -0.15) is 0 Å². The summed E-state index contributed by atoms with van der Waals surface area (Å²) < 4.78 is 0. The van der Waals surface area contributed by atoms with Gasteiger partial charge in [-0.1, -0.05) is 30.3 Å². The molecule has 5 heteroatoms. The summed E-state index contributed by atoms with van der Waals surface area (Å²) in [4.78, 5) is 9.44. The largest absolute Gasteiger partial charge is 0.396 e. The predicted molar refractivity (Wildman–Crippen MR) is 99.2 cm³/mol. The fourth-order valence-electron chi connectivity index (χ4n) is 3.47. The van der Waals surface area contributed by atoms with E-state index in [0.717, 1.165) is 45.6 Å². The molecule has 0 spiro atoms. The summed E-state index contributed by atoms with van der Waals surface area (Å²) in [5.74, 6) is 0. The maximum absolute atomic E-state index is 9.43. The van der Waals surface area contributed by atoms with Crippen molar-refractivity contribution in [1.82, 2.24) is 14.8 Å². The molecule has 2 aromatic rings. The van der Waals surface area contributed by atoms with Gasteiger partial charge in [-0.05, 0) is 31.4 Å². The van der Waals surface area contributed by atoms with Gasteiger partial charge >= 0.3 is 0 Å². The first kappa shape index (κ1) is 17.5. The summed E-state index contributed by atoms with van der Waals surface area (Å²) in [6.07, 6.45) is 5.05. The molecule has 2 heterocycles. The Morgan fingerprint density at radius 1 is 1.21 bits per heavy atom. The number of aromatic nitrogens is 1. The van der Waals surface area contributed by atoms with Gasteiger partial charge in [0.1, 0.15) is 5.01 Å². The Bertz CT molecular complexity index is 576. The van der Waals surface area contributed by atoms with Crippen LogP contribution in [0.1, 0.15) is 23.4 Å². The zero-order chi connectivity index (χ0) is 16.6. The van der Waals surface area contributed by atoms with Gasteiger partial charge in [0.05, 0.1) is 6.54 Å². The van der Waals surface area contributed by atoms with Crippen LogP contribution in [-0.2, 0) is 13.0 Å². The molecule has 24 heavy (non-hydrogen) atoms. The van der Waals surface area contributed by atoms with Crippen LogP contribution < -0.4 is 0 Å². The molecule has 1 saturated heterocycles. The van der Waals surface area contributed by atoms with Gasteiger partial charge in [0.25, 0.3) is 0 Å². The molecule has 0 amide bonds. The first-order valence-electron chi connectivity index (χ1n) is 8.84. The molecule has 4 nitrogen and oxygen atoms in total. The highest BCUT2D eigenvalue weighted by Crippen LogP contribution is 2.17. The average molecular weight is 346 g/mol. The minimum absolute atomic E-state index is 0.269. The first-order chi connectivity index (χ1) is 11.8. The summed E-state index contributed by atoms with van der Waals surface area (Å²) in [5, 5.41) is 12.7. The van der Waals surface area contributed by atoms with E-state index < -0.39 is 0 Å². The smallest absolute Gasteiger partial charge is 0.107 e. The van der Waals surface area contributed by atoms with Crippen molar-refractivity contribution in [3.8, 4) is 0 Å². The average Bonchev–Trinajstić information content (AvgIpc) is 3.11. The van der Waals surface area contributed by atoms with Crippen LogP contribution in [0.5, 0.6) is 0 Å². The summed E-state index contributed by atoms with van der Waals surface area (Å²) >= 11 is 1.73. The molecular weight excluding hydrogens is 318 g/mol. The van der Waals surface area contributed by atoms with E-state index in [9.17, 15) is 5.11 Å². The van der Waals surface area contributed by atoms with Crippen LogP contribution in [0.3, 0.4) is 0 Å². The van der Waals surface area contributed by atoms with Gasteiger partial charge in [-0.15, -0.1) is 11.3 Å². The van der Waals surface area contributed by atoms with Gasteiger partial charge in [0.2, 0.25) is 0 Å². The zero-order valence-corrected chi connectivity index (χ0v) is 15.0. The Hall–Kier alpha value is -1.27. The van der Waals surface area contributed by atoms with E-state index in [1.807, 2.05) is 11.6 Å². The Labute approximate surface area is 148 Å². The van der Waals surface area contributed by atoms with Crippen molar-refractivity contribution < 1.29 is 5.11 Å². The second-order valence-electron chi connectivity index (χ2n) is 6.45. The van der Waals surface area contributed by atoms with E-state index in [1.54, 1.807) is 11.3 Å². The van der Waals surface area contributed by atoms with Crippen LogP contribution in [0.25, 0.3) is 0 Å². The summed E-state index contributed by atoms with van der Waals surface area (Å²) in [7, 11) is 0. The van der Waals surface area contributed by atoms with Gasteiger partial charge in [0, 0.05) is 43.9 Å². The van der Waals surface area contributed by atoms with Gasteiger partial charge in [0.15, 0.2) is 0 Å². The van der Waals surface area contributed by atoms with Crippen LogP contribution in [0.2, 0.25) is 0 Å². The molecule has 1 aliphatic rings. The molecule has 0 radical (unpaired) electrons. The van der Waals surface area contributed by atoms with Gasteiger partial charge < -0.3 is 5.11 Å². The van der Waals surface area contributed by atoms with E-state index in [4.69, 9.17) is 0 Å². The maximum Gasteiger partial charge on any atom is 0.107 e. The fraction of sp³-hybridized carbons (Fsp3) is 0.526. The normalized spacial score (nSPS) is 19.6. The van der Waals surface area contributed by atoms with Crippen LogP contribution in [0.15, 0.2) is 41.9 Å². The lowest BCUT2D eigenvalue weighted by molar-refractivity contribution is 0.0546. The first-order valence-corrected chi connectivity index (χ1v) is 9.72. The molecule has 0 saturated carbocycles. The fourth-order valence-corrected chi connectivity index (χ4v) is 4.13. The molecule has 1 aromatic carbocycles. The number of piperazine rings is 1. The standard InChI is InChI=1S/C19H27N3OS/c23-13-8-18-15-21(16-19-20-9-14-24-19)11-12-22(18)10-4-7-17-5-2-1-3-6-17/h1-3,5-6,9,14,18,23H,4,7-8,10-13,15-16H2. The van der Waals surface area contributed by atoms with E-state index in [0.29, 0.717) is 6.04 Å². The molecule has 1 unspecified atom stereocenters. The van der Waals surface area contributed by atoms with Crippen molar-refractivity contribution in [2.24, 2.45) is 0 Å². The van der Waals surface area contributed by atoms with Crippen molar-refractivity contribution in [2.45, 2.75) is 31.8 Å². The third-order valence-electron chi connectivity index (χ3n) is 4.75. The van der Waals surface area contributed by atoms with Crippen LogP contribution in [-0.4, -0.2) is 58.7 Å². The van der Waals surface area contributed by atoms with Crippen molar-refractivity contribution in [3.05, 3.63) is 52.5 Å². The van der Waals surface area contributed by atoms with E-state index in [2.05, 4.69) is 45.1 Å². The third kappa shape index (κ3) is 5.11. The third-order valence-corrected chi connectivity index (χ3v) is 5.51. The van der Waals surface area contributed by atoms with Crippen LogP contribution in [0, 0.1) is 0 Å². The zero-order valence-electron chi connectivity index (χ0n) is 14.2. The van der Waals surface area contributed by atoms with Crippen LogP contribution >= 0.6 is 11.3 Å². The van der Waals surface area contributed by atoms with E-state index in [1.165, 1.54) is 17.0 Å². The Morgan fingerprint density at radius 3 is 2.83 bits per heavy atom. The predicted octanol–water partition coefficient (Wildman–Crippen LogP) is 2.64. The van der Waals surface area contributed by atoms with Crippen molar-refractivity contribution in [3.63, 3.8) is 0 Å². The summed E-state index contributed by atoms with van der Waals surface area (Å²) in [6, 6.07) is 11.2. The SMILES string of the molecule is OCCC1CN(Cc2nccs2)CCN1CCCc1ccccc1. The minimum Gasteiger partial charge on any atom is -0.396 e. The highest BCUT2D eigenvalue weighted by Gasteiger charge is 2.26. The number of thiazole rings is 1. The highest BCUT2D eigenvalue weighted by molar-refractivity contribution is 7.09. The quantitative estimate of drug-likeness (QED) is 0.798. The Kier molecular flexibility index (Phi) is 6.78. The van der Waals surface area contributed by atoms with Gasteiger partial charge in [-0.3, -0.25) is 9.80 Å². The Balaban J connectivity index is 1.48. The van der Waals surface area contributed by atoms with E-state index >= 15 is 0 Å². The Morgan fingerprint density at radius 2 is 2.08 bits per heavy atom. The van der Waals surface area contributed by atoms with Crippen molar-refractivity contribution in [2.75, 3.05) is 32.8 Å². The minimum atomic E-state index is 0.269. The number of aliphatic hydroxyl groups excluding tert-OH is 1. The van der Waals surface area contributed by atoms with E-state index in [-0.39, 0.29) is 6.61 Å². The lowest BCUT2D eigenvalue weighted by Crippen LogP contribution is -2.53. The summed E-state index contributed by atoms with van der Waals surface area (Å²) in [6.45, 7) is 5.54. The number of aryl methyl sites for hydroxylation is 1. The number of hydrogen-bond acceptors (Lipinski definition) is 5. The molecule has 130 valence electrons. The number of benzene rings is 1. The molecule has 3 rings (SSSR count). The molecular formula is C19H27N3OS. The number of hydrogen-bond donors (Lipinski definition) is 1. The monoisotopic (exact) mass is 345 g/mol. The molecule has 1 aromatic heterocycles. The number of rotatable bonds is 8. The van der Waals surface area contributed by atoms with Crippen LogP contribution in [0.4, 0.5) is 0 Å². The van der Waals surface area contributed by atoms with Crippen molar-refractivity contribution >= 4 is 11.3 Å². The molecule has 1 aliphatic heterocycles. The second-order valence-corrected chi connectivity index (χ2v) is 7.43. The molecule has 0 aliphatic carbocycles. The number of nitrogens with zero attached hydrogens (tertiary/aromatic N) is 3. The highest BCUT2D eigenvalue weighted by atomic mass is 32.1. The molecule has 0 bridgehead atoms. The lowest BCUT2D eigenvalue weighted by Gasteiger charge is -2.41. The number of aliphatic hydroxyl groups is 1. The lowest BCUT2D eigenvalue weighted by atomic mass is 10.1.